The third-order valence-electron chi connectivity index (χ3n) is 2.90. The van der Waals surface area contributed by atoms with Gasteiger partial charge in [-0.3, -0.25) is 5.32 Å². The van der Waals surface area contributed by atoms with Gasteiger partial charge >= 0.3 is 0 Å². The van der Waals surface area contributed by atoms with E-state index in [4.69, 9.17) is 4.74 Å². The van der Waals surface area contributed by atoms with Crippen molar-refractivity contribution in [3.05, 3.63) is 29.8 Å². The highest BCUT2D eigenvalue weighted by molar-refractivity contribution is 5.26. The highest BCUT2D eigenvalue weighted by Crippen LogP contribution is 2.14. The summed E-state index contributed by atoms with van der Waals surface area (Å²) < 4.78 is 5.65. The van der Waals surface area contributed by atoms with E-state index in [1.807, 2.05) is 38.1 Å². The lowest BCUT2D eigenvalue weighted by molar-refractivity contribution is 0.267. The van der Waals surface area contributed by atoms with Gasteiger partial charge in [-0.05, 0) is 38.9 Å². The van der Waals surface area contributed by atoms with Crippen LogP contribution in [0, 0.1) is 18.3 Å². The van der Waals surface area contributed by atoms with E-state index in [9.17, 15) is 5.26 Å². The van der Waals surface area contributed by atoms with Crippen molar-refractivity contribution < 1.29 is 4.74 Å². The summed E-state index contributed by atoms with van der Waals surface area (Å²) in [6.07, 6.45) is 1.70. The van der Waals surface area contributed by atoms with E-state index >= 15 is 0 Å². The normalized spacial score (nSPS) is 13.7. The summed E-state index contributed by atoms with van der Waals surface area (Å²) in [6, 6.07) is 10.3. The van der Waals surface area contributed by atoms with Crippen LogP contribution in [-0.4, -0.2) is 18.7 Å². The van der Waals surface area contributed by atoms with Gasteiger partial charge in [0.25, 0.3) is 0 Å². The number of nitrogens with zero attached hydrogens (tertiary/aromatic N) is 1. The van der Waals surface area contributed by atoms with Crippen LogP contribution in [0.15, 0.2) is 24.3 Å². The zero-order valence-corrected chi connectivity index (χ0v) is 11.5. The molecule has 1 aromatic rings. The van der Waals surface area contributed by atoms with Gasteiger partial charge in [0.15, 0.2) is 0 Å². The number of rotatable bonds is 7. The lowest BCUT2D eigenvalue weighted by Gasteiger charge is -2.23. The average molecular weight is 246 g/mol. The Labute approximate surface area is 110 Å². The molecule has 18 heavy (non-hydrogen) atoms. The fourth-order valence-electron chi connectivity index (χ4n) is 1.59. The van der Waals surface area contributed by atoms with E-state index in [0.717, 1.165) is 18.7 Å². The summed E-state index contributed by atoms with van der Waals surface area (Å²) in [5, 5.41) is 12.4. The molecular weight excluding hydrogens is 224 g/mol. The van der Waals surface area contributed by atoms with Gasteiger partial charge < -0.3 is 4.74 Å². The van der Waals surface area contributed by atoms with Crippen molar-refractivity contribution in [2.24, 2.45) is 0 Å². The summed E-state index contributed by atoms with van der Waals surface area (Å²) in [6.45, 7) is 7.46. The quantitative estimate of drug-likeness (QED) is 0.804. The Kier molecular flexibility index (Phi) is 5.67. The molecule has 1 aromatic carbocycles. The van der Waals surface area contributed by atoms with Crippen LogP contribution in [0.1, 0.15) is 32.3 Å². The Balaban J connectivity index is 2.40. The van der Waals surface area contributed by atoms with E-state index in [0.29, 0.717) is 13.0 Å². The van der Waals surface area contributed by atoms with Crippen molar-refractivity contribution in [3.63, 3.8) is 0 Å². The Morgan fingerprint density at radius 1 is 1.33 bits per heavy atom. The molecule has 0 bridgehead atoms. The lowest BCUT2D eigenvalue weighted by Crippen LogP contribution is -2.42. The molecule has 0 aliphatic carbocycles. The Morgan fingerprint density at radius 2 is 2.00 bits per heavy atom. The van der Waals surface area contributed by atoms with Crippen LogP contribution in [0.5, 0.6) is 5.75 Å². The Morgan fingerprint density at radius 3 is 2.56 bits per heavy atom. The van der Waals surface area contributed by atoms with Crippen molar-refractivity contribution in [2.75, 3.05) is 13.2 Å². The van der Waals surface area contributed by atoms with Gasteiger partial charge in [-0.25, -0.2) is 0 Å². The predicted molar refractivity (Wildman–Crippen MR) is 73.6 cm³/mol. The highest BCUT2D eigenvalue weighted by atomic mass is 16.5. The second-order valence-electron chi connectivity index (χ2n) is 4.78. The number of nitrogens with one attached hydrogen (secondary N) is 1. The van der Waals surface area contributed by atoms with Gasteiger partial charge in [0.05, 0.1) is 12.7 Å². The van der Waals surface area contributed by atoms with Gasteiger partial charge in [0.2, 0.25) is 0 Å². The molecule has 3 nitrogen and oxygen atoms in total. The molecule has 1 atom stereocenters. The van der Waals surface area contributed by atoms with Crippen molar-refractivity contribution in [2.45, 2.75) is 39.2 Å². The van der Waals surface area contributed by atoms with Gasteiger partial charge in [-0.2, -0.15) is 5.26 Å². The third kappa shape index (κ3) is 4.77. The smallest absolute Gasteiger partial charge is 0.119 e. The SMILES string of the molecule is CCCNC(C)(C#N)CCOc1ccc(C)cc1. The second kappa shape index (κ2) is 7.03. The van der Waals surface area contributed by atoms with E-state index in [-0.39, 0.29) is 0 Å². The lowest BCUT2D eigenvalue weighted by atomic mass is 10.0. The number of hydrogen-bond donors (Lipinski definition) is 1. The first kappa shape index (κ1) is 14.5. The molecule has 1 unspecified atom stereocenters. The topological polar surface area (TPSA) is 45.0 Å². The zero-order chi connectivity index (χ0) is 13.4. The van der Waals surface area contributed by atoms with Gasteiger partial charge in [0, 0.05) is 6.42 Å². The first-order valence-corrected chi connectivity index (χ1v) is 6.45. The Bertz CT molecular complexity index is 394. The molecule has 0 saturated heterocycles. The van der Waals surface area contributed by atoms with Crippen molar-refractivity contribution in [1.29, 1.82) is 5.26 Å². The molecule has 0 heterocycles. The average Bonchev–Trinajstić information content (AvgIpc) is 2.39. The van der Waals surface area contributed by atoms with E-state index < -0.39 is 5.54 Å². The molecule has 0 aromatic heterocycles. The molecule has 3 heteroatoms. The summed E-state index contributed by atoms with van der Waals surface area (Å²) in [5.74, 6) is 0.858. The molecule has 98 valence electrons. The Hall–Kier alpha value is -1.53. The minimum atomic E-state index is -0.499. The summed E-state index contributed by atoms with van der Waals surface area (Å²) >= 11 is 0. The fourth-order valence-corrected chi connectivity index (χ4v) is 1.59. The predicted octanol–water partition coefficient (Wildman–Crippen LogP) is 3.05. The first-order valence-electron chi connectivity index (χ1n) is 6.45. The summed E-state index contributed by atoms with van der Waals surface area (Å²) in [7, 11) is 0. The minimum absolute atomic E-state index is 0.499. The maximum absolute atomic E-state index is 9.18. The second-order valence-corrected chi connectivity index (χ2v) is 4.78. The molecule has 0 spiro atoms. The molecule has 0 saturated carbocycles. The monoisotopic (exact) mass is 246 g/mol. The van der Waals surface area contributed by atoms with Crippen LogP contribution in [0.2, 0.25) is 0 Å². The van der Waals surface area contributed by atoms with Crippen LogP contribution in [-0.2, 0) is 0 Å². The standard InChI is InChI=1S/C15H22N2O/c1-4-10-17-15(3,12-16)9-11-18-14-7-5-13(2)6-8-14/h5-8,17H,4,9-11H2,1-3H3. The van der Waals surface area contributed by atoms with E-state index in [1.165, 1.54) is 5.56 Å². The highest BCUT2D eigenvalue weighted by Gasteiger charge is 2.22. The number of aryl methyl sites for hydroxylation is 1. The van der Waals surface area contributed by atoms with Gasteiger partial charge in [-0.1, -0.05) is 24.6 Å². The molecule has 0 aliphatic heterocycles. The number of benzene rings is 1. The number of ether oxygens (including phenoxy) is 1. The maximum atomic E-state index is 9.18. The maximum Gasteiger partial charge on any atom is 0.119 e. The zero-order valence-electron chi connectivity index (χ0n) is 11.5. The van der Waals surface area contributed by atoms with Crippen molar-refractivity contribution in [1.82, 2.24) is 5.32 Å². The largest absolute Gasteiger partial charge is 0.493 e. The van der Waals surface area contributed by atoms with Crippen LogP contribution >= 0.6 is 0 Å². The fraction of sp³-hybridized carbons (Fsp3) is 0.533. The summed E-state index contributed by atoms with van der Waals surface area (Å²) in [5.41, 5.74) is 0.717. The first-order chi connectivity index (χ1) is 8.59. The van der Waals surface area contributed by atoms with Gasteiger partial charge in [-0.15, -0.1) is 0 Å². The molecular formula is C15H22N2O. The minimum Gasteiger partial charge on any atom is -0.493 e. The van der Waals surface area contributed by atoms with Crippen LogP contribution in [0.25, 0.3) is 0 Å². The van der Waals surface area contributed by atoms with E-state index in [2.05, 4.69) is 18.3 Å². The van der Waals surface area contributed by atoms with E-state index in [1.54, 1.807) is 0 Å². The molecule has 0 amide bonds. The molecule has 0 aliphatic rings. The van der Waals surface area contributed by atoms with Gasteiger partial charge in [0.1, 0.15) is 11.3 Å². The van der Waals surface area contributed by atoms with Crippen LogP contribution in [0.4, 0.5) is 0 Å². The third-order valence-corrected chi connectivity index (χ3v) is 2.90. The van der Waals surface area contributed by atoms with Crippen molar-refractivity contribution in [3.8, 4) is 11.8 Å². The van der Waals surface area contributed by atoms with Crippen LogP contribution < -0.4 is 10.1 Å². The number of hydrogen-bond acceptors (Lipinski definition) is 3. The van der Waals surface area contributed by atoms with Crippen molar-refractivity contribution >= 4 is 0 Å². The molecule has 0 fully saturated rings. The molecule has 0 radical (unpaired) electrons. The van der Waals surface area contributed by atoms with Crippen LogP contribution in [0.3, 0.4) is 0 Å². The molecule has 1 N–H and O–H groups in total. The number of nitriles is 1. The summed E-state index contributed by atoms with van der Waals surface area (Å²) in [4.78, 5) is 0. The molecule has 1 rings (SSSR count).